The predicted octanol–water partition coefficient (Wildman–Crippen LogP) is 3.43. The van der Waals surface area contributed by atoms with Crippen molar-refractivity contribution in [3.8, 4) is 11.3 Å². The van der Waals surface area contributed by atoms with Crippen LogP contribution in [-0.4, -0.2) is 10.9 Å². The Balaban J connectivity index is 1.70. The van der Waals surface area contributed by atoms with Crippen molar-refractivity contribution in [2.24, 2.45) is 5.92 Å². The topological polar surface area (TPSA) is 52.0 Å². The van der Waals surface area contributed by atoms with Crippen LogP contribution in [0, 0.1) is 5.92 Å². The Morgan fingerprint density at radius 1 is 1.29 bits per heavy atom. The van der Waals surface area contributed by atoms with E-state index in [1.54, 1.807) is 6.07 Å². The van der Waals surface area contributed by atoms with Crippen LogP contribution in [0.2, 0.25) is 0 Å². The Morgan fingerprint density at radius 3 is 2.65 bits per heavy atom. The lowest BCUT2D eigenvalue weighted by molar-refractivity contribution is 0.439. The van der Waals surface area contributed by atoms with E-state index in [1.165, 1.54) is 23.5 Å². The Bertz CT molecular complexity index is 502. The maximum atomic E-state index is 5.50. The fourth-order valence-electron chi connectivity index (χ4n) is 1.65. The summed E-state index contributed by atoms with van der Waals surface area (Å²) in [7, 11) is 0. The van der Waals surface area contributed by atoms with Crippen molar-refractivity contribution < 1.29 is 4.52 Å². The van der Waals surface area contributed by atoms with Crippen LogP contribution >= 0.6 is 11.8 Å². The number of benzene rings is 1. The molecule has 1 aromatic carbocycles. The minimum Gasteiger partial charge on any atom is -0.368 e. The molecule has 0 aliphatic heterocycles. The van der Waals surface area contributed by atoms with E-state index >= 15 is 0 Å². The number of hydrogen-bond acceptors (Lipinski definition) is 4. The van der Waals surface area contributed by atoms with Crippen molar-refractivity contribution in [3.63, 3.8) is 0 Å². The minimum absolute atomic E-state index is 0.354. The molecule has 0 amide bonds. The molecule has 0 atom stereocenters. The first-order valence-electron chi connectivity index (χ1n) is 5.77. The monoisotopic (exact) mass is 246 g/mol. The van der Waals surface area contributed by atoms with Crippen molar-refractivity contribution in [3.05, 3.63) is 30.3 Å². The van der Waals surface area contributed by atoms with Crippen LogP contribution in [0.3, 0.4) is 0 Å². The van der Waals surface area contributed by atoms with Gasteiger partial charge in [-0.2, -0.15) is 0 Å². The van der Waals surface area contributed by atoms with Gasteiger partial charge in [0.1, 0.15) is 5.69 Å². The van der Waals surface area contributed by atoms with Crippen LogP contribution in [0.25, 0.3) is 11.3 Å². The average Bonchev–Trinajstić information content (AvgIpc) is 3.09. The van der Waals surface area contributed by atoms with E-state index in [4.69, 9.17) is 10.3 Å². The maximum Gasteiger partial charge on any atom is 0.222 e. The molecule has 1 saturated carbocycles. The van der Waals surface area contributed by atoms with Crippen LogP contribution < -0.4 is 5.73 Å². The molecule has 1 aliphatic carbocycles. The molecule has 2 N–H and O–H groups in total. The van der Waals surface area contributed by atoms with E-state index in [1.807, 2.05) is 11.8 Å². The summed E-state index contributed by atoms with van der Waals surface area (Å²) >= 11 is 1.93. The molecule has 1 fully saturated rings. The zero-order valence-electron chi connectivity index (χ0n) is 9.43. The van der Waals surface area contributed by atoms with Gasteiger partial charge in [-0.1, -0.05) is 17.3 Å². The van der Waals surface area contributed by atoms with E-state index in [9.17, 15) is 0 Å². The maximum absolute atomic E-state index is 5.50. The van der Waals surface area contributed by atoms with Gasteiger partial charge in [0, 0.05) is 22.3 Å². The number of hydrogen-bond donors (Lipinski definition) is 1. The Hall–Kier alpha value is -1.42. The van der Waals surface area contributed by atoms with Crippen molar-refractivity contribution >= 4 is 17.6 Å². The third kappa shape index (κ3) is 2.64. The summed E-state index contributed by atoms with van der Waals surface area (Å²) in [6, 6.07) is 10.1. The van der Waals surface area contributed by atoms with Crippen LogP contribution in [0.4, 0.5) is 5.88 Å². The summed E-state index contributed by atoms with van der Waals surface area (Å²) in [6.07, 6.45) is 2.81. The Kier molecular flexibility index (Phi) is 2.81. The zero-order valence-corrected chi connectivity index (χ0v) is 10.2. The molecular weight excluding hydrogens is 232 g/mol. The lowest BCUT2D eigenvalue weighted by Crippen LogP contribution is -1.82. The van der Waals surface area contributed by atoms with E-state index in [0.717, 1.165) is 17.2 Å². The molecule has 0 radical (unpaired) electrons. The fraction of sp³-hybridized carbons (Fsp3) is 0.308. The Morgan fingerprint density at radius 2 is 2.06 bits per heavy atom. The summed E-state index contributed by atoms with van der Waals surface area (Å²) in [5.74, 6) is 2.55. The molecule has 3 nitrogen and oxygen atoms in total. The molecule has 1 aromatic heterocycles. The second-order valence-corrected chi connectivity index (χ2v) is 5.49. The number of nitrogen functional groups attached to an aromatic ring is 1. The number of anilines is 1. The number of rotatable bonds is 4. The van der Waals surface area contributed by atoms with Gasteiger partial charge in [-0.05, 0) is 30.9 Å². The normalized spacial score (nSPS) is 15.1. The number of thioether (sulfide) groups is 1. The molecule has 0 saturated heterocycles. The van der Waals surface area contributed by atoms with Gasteiger partial charge in [0.15, 0.2) is 0 Å². The summed E-state index contributed by atoms with van der Waals surface area (Å²) in [6.45, 7) is 0. The highest BCUT2D eigenvalue weighted by Gasteiger charge is 2.20. The zero-order chi connectivity index (χ0) is 11.7. The first kappa shape index (κ1) is 10.7. The van der Waals surface area contributed by atoms with Gasteiger partial charge >= 0.3 is 0 Å². The van der Waals surface area contributed by atoms with Crippen molar-refractivity contribution in [2.75, 3.05) is 11.5 Å². The summed E-state index contributed by atoms with van der Waals surface area (Å²) in [5, 5.41) is 3.89. The molecule has 3 rings (SSSR count). The smallest absolute Gasteiger partial charge is 0.222 e. The SMILES string of the molecule is Nc1cc(-c2ccc(SCC3CC3)cc2)no1. The Labute approximate surface area is 104 Å². The van der Waals surface area contributed by atoms with Gasteiger partial charge < -0.3 is 10.3 Å². The fourth-order valence-corrected chi connectivity index (χ4v) is 2.74. The first-order chi connectivity index (χ1) is 8.31. The molecular formula is C13H14N2OS. The number of nitrogens with zero attached hydrogens (tertiary/aromatic N) is 1. The summed E-state index contributed by atoms with van der Waals surface area (Å²) < 4.78 is 4.86. The van der Waals surface area contributed by atoms with Crippen LogP contribution in [-0.2, 0) is 0 Å². The van der Waals surface area contributed by atoms with E-state index < -0.39 is 0 Å². The minimum atomic E-state index is 0.354. The highest BCUT2D eigenvalue weighted by atomic mass is 32.2. The summed E-state index contributed by atoms with van der Waals surface area (Å²) in [4.78, 5) is 1.32. The molecule has 1 heterocycles. The third-order valence-electron chi connectivity index (χ3n) is 2.86. The molecule has 0 bridgehead atoms. The van der Waals surface area contributed by atoms with Gasteiger partial charge in [-0.15, -0.1) is 11.8 Å². The highest BCUT2D eigenvalue weighted by Crippen LogP contribution is 2.35. The van der Waals surface area contributed by atoms with E-state index in [-0.39, 0.29) is 0 Å². The molecule has 17 heavy (non-hydrogen) atoms. The third-order valence-corrected chi connectivity index (χ3v) is 4.10. The number of nitrogens with two attached hydrogens (primary N) is 1. The van der Waals surface area contributed by atoms with Gasteiger partial charge in [0.05, 0.1) is 0 Å². The second-order valence-electron chi connectivity index (χ2n) is 4.39. The van der Waals surface area contributed by atoms with Crippen LogP contribution in [0.5, 0.6) is 0 Å². The molecule has 0 unspecified atom stereocenters. The van der Waals surface area contributed by atoms with Gasteiger partial charge in [0.25, 0.3) is 0 Å². The van der Waals surface area contributed by atoms with Crippen molar-refractivity contribution in [2.45, 2.75) is 17.7 Å². The molecule has 2 aromatic rings. The van der Waals surface area contributed by atoms with Gasteiger partial charge in [-0.3, -0.25) is 0 Å². The standard InChI is InChI=1S/C13H14N2OS/c14-13-7-12(15-16-13)10-3-5-11(6-4-10)17-8-9-1-2-9/h3-7,9H,1-2,8,14H2. The van der Waals surface area contributed by atoms with E-state index in [0.29, 0.717) is 5.88 Å². The quantitative estimate of drug-likeness (QED) is 0.840. The molecule has 0 spiro atoms. The summed E-state index contributed by atoms with van der Waals surface area (Å²) in [5.41, 5.74) is 7.34. The molecule has 1 aliphatic rings. The predicted molar refractivity (Wildman–Crippen MR) is 69.8 cm³/mol. The van der Waals surface area contributed by atoms with Gasteiger partial charge in [0.2, 0.25) is 5.88 Å². The molecule has 4 heteroatoms. The second kappa shape index (κ2) is 4.45. The number of aromatic nitrogens is 1. The lowest BCUT2D eigenvalue weighted by atomic mass is 10.1. The largest absolute Gasteiger partial charge is 0.368 e. The molecule has 88 valence electrons. The van der Waals surface area contributed by atoms with Gasteiger partial charge in [-0.25, -0.2) is 0 Å². The van der Waals surface area contributed by atoms with Crippen LogP contribution in [0.1, 0.15) is 12.8 Å². The first-order valence-corrected chi connectivity index (χ1v) is 6.75. The average molecular weight is 246 g/mol. The van der Waals surface area contributed by atoms with E-state index in [2.05, 4.69) is 29.4 Å². The van der Waals surface area contributed by atoms with Crippen molar-refractivity contribution in [1.29, 1.82) is 0 Å². The van der Waals surface area contributed by atoms with Crippen molar-refractivity contribution in [1.82, 2.24) is 5.16 Å². The lowest BCUT2D eigenvalue weighted by Gasteiger charge is -2.01. The van der Waals surface area contributed by atoms with Crippen LogP contribution in [0.15, 0.2) is 39.8 Å². The highest BCUT2D eigenvalue weighted by molar-refractivity contribution is 7.99.